The van der Waals surface area contributed by atoms with Crippen LogP contribution in [-0.2, 0) is 9.59 Å². The van der Waals surface area contributed by atoms with Crippen molar-refractivity contribution >= 4 is 17.5 Å². The molecule has 1 fully saturated rings. The molecule has 0 saturated carbocycles. The summed E-state index contributed by atoms with van der Waals surface area (Å²) in [6.45, 7) is 7.54. The van der Waals surface area contributed by atoms with Crippen molar-refractivity contribution in [3.05, 3.63) is 30.1 Å². The van der Waals surface area contributed by atoms with Gasteiger partial charge < -0.3 is 14.7 Å². The summed E-state index contributed by atoms with van der Waals surface area (Å²) in [4.78, 5) is 29.6. The number of piperazine rings is 1. The highest BCUT2D eigenvalue weighted by molar-refractivity contribution is 5.78. The number of anilines is 1. The summed E-state index contributed by atoms with van der Waals surface area (Å²) >= 11 is 0. The van der Waals surface area contributed by atoms with E-state index in [1.165, 1.54) is 12.1 Å². The van der Waals surface area contributed by atoms with Gasteiger partial charge in [-0.1, -0.05) is 6.92 Å². The highest BCUT2D eigenvalue weighted by atomic mass is 19.1. The molecule has 0 N–H and O–H groups in total. The van der Waals surface area contributed by atoms with Crippen molar-refractivity contribution in [3.8, 4) is 0 Å². The largest absolute Gasteiger partial charge is 0.368 e. The molecule has 0 spiro atoms. The van der Waals surface area contributed by atoms with Crippen molar-refractivity contribution in [2.75, 3.05) is 44.2 Å². The van der Waals surface area contributed by atoms with E-state index in [1.54, 1.807) is 24.0 Å². The first kappa shape index (κ1) is 18.2. The molecule has 1 saturated heterocycles. The second kappa shape index (κ2) is 8.66. The van der Waals surface area contributed by atoms with Gasteiger partial charge in [0.25, 0.3) is 0 Å². The molecule has 6 heteroatoms. The molecule has 2 rings (SSSR count). The molecule has 5 nitrogen and oxygen atoms in total. The number of amides is 2. The Bertz CT molecular complexity index is 554. The maximum atomic E-state index is 13.0. The third kappa shape index (κ3) is 4.94. The van der Waals surface area contributed by atoms with Crippen LogP contribution in [0.25, 0.3) is 0 Å². The zero-order valence-electron chi connectivity index (χ0n) is 14.5. The van der Waals surface area contributed by atoms with Crippen LogP contribution in [0, 0.1) is 5.82 Å². The van der Waals surface area contributed by atoms with Crippen molar-refractivity contribution in [1.29, 1.82) is 0 Å². The second-order valence-electron chi connectivity index (χ2n) is 6.10. The number of nitrogens with zero attached hydrogens (tertiary/aromatic N) is 3. The summed E-state index contributed by atoms with van der Waals surface area (Å²) < 4.78 is 13.0. The molecule has 1 aromatic carbocycles. The number of rotatable bonds is 6. The molecule has 1 aliphatic heterocycles. The molecule has 132 valence electrons. The van der Waals surface area contributed by atoms with E-state index in [1.807, 2.05) is 11.8 Å². The van der Waals surface area contributed by atoms with Crippen molar-refractivity contribution in [2.45, 2.75) is 26.7 Å². The summed E-state index contributed by atoms with van der Waals surface area (Å²) in [6, 6.07) is 6.44. The summed E-state index contributed by atoms with van der Waals surface area (Å²) in [6.07, 6.45) is 1.26. The molecule has 0 aliphatic carbocycles. The first-order valence-corrected chi connectivity index (χ1v) is 8.55. The number of carbonyl (C=O) groups is 2. The summed E-state index contributed by atoms with van der Waals surface area (Å²) in [5, 5.41) is 0. The van der Waals surface area contributed by atoms with Crippen LogP contribution >= 0.6 is 0 Å². The second-order valence-corrected chi connectivity index (χ2v) is 6.10. The van der Waals surface area contributed by atoms with E-state index in [4.69, 9.17) is 0 Å². The average molecular weight is 335 g/mol. The predicted molar refractivity (Wildman–Crippen MR) is 92.4 cm³/mol. The quantitative estimate of drug-likeness (QED) is 0.800. The Labute approximate surface area is 143 Å². The Morgan fingerprint density at radius 2 is 1.71 bits per heavy atom. The topological polar surface area (TPSA) is 43.9 Å². The van der Waals surface area contributed by atoms with Crippen LogP contribution in [0.4, 0.5) is 10.1 Å². The molecule has 0 aromatic heterocycles. The lowest BCUT2D eigenvalue weighted by Gasteiger charge is -2.36. The molecule has 0 unspecified atom stereocenters. The summed E-state index contributed by atoms with van der Waals surface area (Å²) in [5.74, 6) is -0.128. The number of benzene rings is 1. The molecule has 0 bridgehead atoms. The van der Waals surface area contributed by atoms with Gasteiger partial charge in [-0.25, -0.2) is 4.39 Å². The van der Waals surface area contributed by atoms with Crippen molar-refractivity contribution in [3.63, 3.8) is 0 Å². The maximum Gasteiger partial charge on any atom is 0.224 e. The van der Waals surface area contributed by atoms with Gasteiger partial charge >= 0.3 is 0 Å². The fourth-order valence-corrected chi connectivity index (χ4v) is 2.95. The van der Waals surface area contributed by atoms with Gasteiger partial charge in [0, 0.05) is 58.3 Å². The Morgan fingerprint density at radius 1 is 1.08 bits per heavy atom. The Kier molecular flexibility index (Phi) is 6.58. The number of halogens is 1. The van der Waals surface area contributed by atoms with Gasteiger partial charge in [0.15, 0.2) is 0 Å². The minimum absolute atomic E-state index is 0.0192. The molecular weight excluding hydrogens is 309 g/mol. The number of carbonyl (C=O) groups excluding carboxylic acids is 2. The Morgan fingerprint density at radius 3 is 2.25 bits per heavy atom. The van der Waals surface area contributed by atoms with Gasteiger partial charge in [0.05, 0.1) is 0 Å². The number of hydrogen-bond acceptors (Lipinski definition) is 3. The third-order valence-electron chi connectivity index (χ3n) is 4.36. The van der Waals surface area contributed by atoms with Crippen LogP contribution in [0.5, 0.6) is 0 Å². The van der Waals surface area contributed by atoms with Crippen molar-refractivity contribution in [2.24, 2.45) is 0 Å². The molecule has 2 amide bonds. The van der Waals surface area contributed by atoms with E-state index in [9.17, 15) is 14.0 Å². The zero-order chi connectivity index (χ0) is 17.5. The van der Waals surface area contributed by atoms with E-state index < -0.39 is 0 Å². The minimum atomic E-state index is -0.241. The molecule has 0 atom stereocenters. The monoisotopic (exact) mass is 335 g/mol. The van der Waals surface area contributed by atoms with Crippen LogP contribution in [-0.4, -0.2) is 60.9 Å². The fraction of sp³-hybridized carbons (Fsp3) is 0.556. The van der Waals surface area contributed by atoms with Crippen LogP contribution in [0.2, 0.25) is 0 Å². The normalized spacial score (nSPS) is 14.6. The van der Waals surface area contributed by atoms with E-state index in [-0.39, 0.29) is 17.6 Å². The Balaban J connectivity index is 1.80. The summed E-state index contributed by atoms with van der Waals surface area (Å²) in [5.41, 5.74) is 0.981. The average Bonchev–Trinajstić information content (AvgIpc) is 2.59. The van der Waals surface area contributed by atoms with Gasteiger partial charge in [-0.05, 0) is 30.7 Å². The first-order chi connectivity index (χ1) is 11.5. The Hall–Kier alpha value is -2.11. The predicted octanol–water partition coefficient (Wildman–Crippen LogP) is 2.12. The standard InChI is InChI=1S/C18H26FN3O2/c1-3-9-20(15(2)23)10-8-18(24)22-13-11-21(12-14-22)17-6-4-16(19)5-7-17/h4-7H,3,8-14H2,1-2H3. The van der Waals surface area contributed by atoms with Crippen LogP contribution in [0.1, 0.15) is 26.7 Å². The SMILES string of the molecule is CCCN(CCC(=O)N1CCN(c2ccc(F)cc2)CC1)C(C)=O. The fourth-order valence-electron chi connectivity index (χ4n) is 2.95. The molecule has 1 aromatic rings. The lowest BCUT2D eigenvalue weighted by molar-refractivity contribution is -0.133. The molecule has 0 radical (unpaired) electrons. The maximum absolute atomic E-state index is 13.0. The van der Waals surface area contributed by atoms with E-state index in [2.05, 4.69) is 4.90 Å². The van der Waals surface area contributed by atoms with E-state index >= 15 is 0 Å². The summed E-state index contributed by atoms with van der Waals surface area (Å²) in [7, 11) is 0. The van der Waals surface area contributed by atoms with Gasteiger partial charge in [-0.15, -0.1) is 0 Å². The van der Waals surface area contributed by atoms with Crippen LogP contribution in [0.15, 0.2) is 24.3 Å². The lowest BCUT2D eigenvalue weighted by Crippen LogP contribution is -2.49. The lowest BCUT2D eigenvalue weighted by atomic mass is 10.2. The first-order valence-electron chi connectivity index (χ1n) is 8.55. The van der Waals surface area contributed by atoms with Crippen LogP contribution < -0.4 is 4.90 Å². The van der Waals surface area contributed by atoms with Crippen molar-refractivity contribution < 1.29 is 14.0 Å². The smallest absolute Gasteiger partial charge is 0.224 e. The molecular formula is C18H26FN3O2. The van der Waals surface area contributed by atoms with E-state index in [0.29, 0.717) is 32.6 Å². The van der Waals surface area contributed by atoms with Gasteiger partial charge in [-0.3, -0.25) is 9.59 Å². The molecule has 1 aliphatic rings. The van der Waals surface area contributed by atoms with Crippen LogP contribution in [0.3, 0.4) is 0 Å². The number of hydrogen-bond donors (Lipinski definition) is 0. The highest BCUT2D eigenvalue weighted by Gasteiger charge is 2.22. The molecule has 1 heterocycles. The van der Waals surface area contributed by atoms with E-state index in [0.717, 1.165) is 25.2 Å². The minimum Gasteiger partial charge on any atom is -0.368 e. The van der Waals surface area contributed by atoms with Gasteiger partial charge in [-0.2, -0.15) is 0 Å². The molecule has 24 heavy (non-hydrogen) atoms. The van der Waals surface area contributed by atoms with Gasteiger partial charge in [0.1, 0.15) is 5.82 Å². The third-order valence-corrected chi connectivity index (χ3v) is 4.36. The highest BCUT2D eigenvalue weighted by Crippen LogP contribution is 2.17. The van der Waals surface area contributed by atoms with Gasteiger partial charge in [0.2, 0.25) is 11.8 Å². The zero-order valence-corrected chi connectivity index (χ0v) is 14.5. The van der Waals surface area contributed by atoms with Crippen molar-refractivity contribution in [1.82, 2.24) is 9.80 Å².